The first-order valence-electron chi connectivity index (χ1n) is 18.1. The molecule has 0 radical (unpaired) electrons. The first kappa shape index (κ1) is 37.0. The van der Waals surface area contributed by atoms with Crippen LogP contribution >= 0.6 is 0 Å². The van der Waals surface area contributed by atoms with Crippen molar-refractivity contribution >= 4 is 35.3 Å². The molecule has 2 fully saturated rings. The number of morpholine rings is 1. The summed E-state index contributed by atoms with van der Waals surface area (Å²) in [5, 5.41) is 31.9. The Hall–Kier alpha value is -6.90. The number of cyclic esters (lactones) is 1. The Morgan fingerprint density at radius 1 is 0.789 bits per heavy atom. The van der Waals surface area contributed by atoms with E-state index >= 15 is 4.79 Å². The van der Waals surface area contributed by atoms with Gasteiger partial charge in [0.05, 0.1) is 29.3 Å². The maximum absolute atomic E-state index is 15.6. The second-order valence-corrected chi connectivity index (χ2v) is 13.9. The van der Waals surface area contributed by atoms with Gasteiger partial charge in [-0.15, -0.1) is 0 Å². The molecule has 3 aliphatic rings. The highest BCUT2D eigenvalue weighted by atomic mass is 16.6. The Kier molecular flexibility index (Phi) is 9.73. The highest BCUT2D eigenvalue weighted by Crippen LogP contribution is 2.65. The summed E-state index contributed by atoms with van der Waals surface area (Å²) >= 11 is 0. The Morgan fingerprint density at radius 2 is 1.42 bits per heavy atom. The van der Waals surface area contributed by atoms with E-state index in [0.717, 1.165) is 4.90 Å². The van der Waals surface area contributed by atoms with Crippen molar-refractivity contribution in [2.24, 2.45) is 5.92 Å². The number of para-hydroxylation sites is 1. The molecular weight excluding hydrogens is 734 g/mol. The lowest BCUT2D eigenvalue weighted by Crippen LogP contribution is -2.53. The number of carbonyl (C=O) groups is 4. The number of anilines is 1. The van der Waals surface area contributed by atoms with Gasteiger partial charge >= 0.3 is 18.0 Å². The fourth-order valence-corrected chi connectivity index (χ4v) is 8.66. The van der Waals surface area contributed by atoms with Gasteiger partial charge in [-0.25, -0.2) is 9.69 Å². The lowest BCUT2D eigenvalue weighted by molar-refractivity contribution is -0.384. The Bertz CT molecular complexity index is 2340. The number of carboxylic acid groups (broad SMARTS) is 1. The molecule has 14 heteroatoms. The summed E-state index contributed by atoms with van der Waals surface area (Å²) in [5.74, 6) is -4.59. The van der Waals surface area contributed by atoms with E-state index in [4.69, 9.17) is 14.2 Å². The highest BCUT2D eigenvalue weighted by molar-refractivity contribution is 6.23. The van der Waals surface area contributed by atoms with E-state index in [2.05, 4.69) is 0 Å². The third-order valence-corrected chi connectivity index (χ3v) is 10.9. The van der Waals surface area contributed by atoms with E-state index in [1.54, 1.807) is 47.4 Å². The molecule has 0 bridgehead atoms. The van der Waals surface area contributed by atoms with Crippen LogP contribution < -0.4 is 9.64 Å². The lowest BCUT2D eigenvalue weighted by Gasteiger charge is -2.46. The summed E-state index contributed by atoms with van der Waals surface area (Å²) in [6.45, 7) is -0.565. The summed E-state index contributed by atoms with van der Waals surface area (Å²) in [6.07, 6.45) is -2.04. The minimum atomic E-state index is -2.11. The number of nitro groups is 1. The van der Waals surface area contributed by atoms with Gasteiger partial charge in [0.1, 0.15) is 42.4 Å². The smallest absolute Gasteiger partial charge is 0.421 e. The number of hydrogen-bond acceptors (Lipinski definition) is 11. The molecule has 2 amide bonds. The lowest BCUT2D eigenvalue weighted by atomic mass is 9.65. The molecule has 3 heterocycles. The molecule has 2 saturated heterocycles. The van der Waals surface area contributed by atoms with E-state index in [9.17, 15) is 34.7 Å². The van der Waals surface area contributed by atoms with E-state index in [1.807, 2.05) is 60.7 Å². The molecule has 0 saturated carbocycles. The van der Waals surface area contributed by atoms with Crippen LogP contribution in [-0.4, -0.2) is 63.2 Å². The number of benzene rings is 5. The number of nitrogens with zero attached hydrogens (tertiary/aromatic N) is 3. The maximum atomic E-state index is 15.6. The van der Waals surface area contributed by atoms with Gasteiger partial charge in [-0.2, -0.15) is 0 Å². The molecule has 5 aromatic rings. The van der Waals surface area contributed by atoms with Gasteiger partial charge in [0.15, 0.2) is 0 Å². The largest absolute Gasteiger partial charge is 0.491 e. The highest BCUT2D eigenvalue weighted by Gasteiger charge is 2.76. The number of nitro benzene ring substituents is 1. The minimum absolute atomic E-state index is 0.0193. The molecule has 0 aromatic heterocycles. The van der Waals surface area contributed by atoms with Crippen LogP contribution in [0, 0.1) is 16.0 Å². The van der Waals surface area contributed by atoms with Crippen LogP contribution in [0.3, 0.4) is 0 Å². The van der Waals surface area contributed by atoms with Gasteiger partial charge in [0.2, 0.25) is 5.91 Å². The molecule has 6 unspecified atom stereocenters. The van der Waals surface area contributed by atoms with E-state index in [1.165, 1.54) is 30.3 Å². The molecule has 1 spiro atoms. The Labute approximate surface area is 325 Å². The van der Waals surface area contributed by atoms with E-state index in [-0.39, 0.29) is 36.8 Å². The fraction of sp³-hybridized carbons (Fsp3) is 0.209. The summed E-state index contributed by atoms with van der Waals surface area (Å²) < 4.78 is 17.5. The number of ether oxygens (including phenoxy) is 3. The summed E-state index contributed by atoms with van der Waals surface area (Å²) in [7, 11) is 0. The molecule has 14 nitrogen and oxygen atoms in total. The number of amides is 2. The van der Waals surface area contributed by atoms with Crippen molar-refractivity contribution in [2.45, 2.75) is 36.3 Å². The number of imide groups is 1. The van der Waals surface area contributed by atoms with Gasteiger partial charge in [0, 0.05) is 12.1 Å². The minimum Gasteiger partial charge on any atom is -0.491 e. The van der Waals surface area contributed by atoms with Crippen molar-refractivity contribution < 1.29 is 48.5 Å². The second-order valence-electron chi connectivity index (χ2n) is 13.9. The monoisotopic (exact) mass is 769 g/mol. The van der Waals surface area contributed by atoms with Crippen molar-refractivity contribution in [3.8, 4) is 5.75 Å². The zero-order chi connectivity index (χ0) is 39.8. The predicted molar refractivity (Wildman–Crippen MR) is 202 cm³/mol. The van der Waals surface area contributed by atoms with Crippen LogP contribution in [0.15, 0.2) is 133 Å². The first-order valence-corrected chi connectivity index (χ1v) is 18.1. The summed E-state index contributed by atoms with van der Waals surface area (Å²) in [4.78, 5) is 71.4. The van der Waals surface area contributed by atoms with E-state index < -0.39 is 64.4 Å². The molecule has 5 aromatic carbocycles. The number of fused-ring (bicyclic) bond motifs is 3. The van der Waals surface area contributed by atoms with Crippen LogP contribution in [0.1, 0.15) is 46.0 Å². The molecule has 2 N–H and O–H groups in total. The maximum Gasteiger partial charge on any atom is 0.421 e. The van der Waals surface area contributed by atoms with Crippen molar-refractivity contribution in [3.63, 3.8) is 0 Å². The van der Waals surface area contributed by atoms with Gasteiger partial charge in [-0.3, -0.25) is 29.4 Å². The average Bonchev–Trinajstić information content (AvgIpc) is 3.69. The van der Waals surface area contributed by atoms with Crippen LogP contribution in [0.2, 0.25) is 0 Å². The summed E-state index contributed by atoms with van der Waals surface area (Å²) in [6, 6.07) is 33.1. The van der Waals surface area contributed by atoms with Gasteiger partial charge in [-0.1, -0.05) is 91.0 Å². The number of non-ortho nitro benzene ring substituents is 1. The van der Waals surface area contributed by atoms with Crippen LogP contribution in [-0.2, 0) is 35.9 Å². The zero-order valence-corrected chi connectivity index (χ0v) is 30.1. The second kappa shape index (κ2) is 15.0. The fourth-order valence-electron chi connectivity index (χ4n) is 8.66. The number of aliphatic hydroxyl groups excluding tert-OH is 1. The molecule has 8 rings (SSSR count). The van der Waals surface area contributed by atoms with Gasteiger partial charge < -0.3 is 24.4 Å². The predicted octanol–water partition coefficient (Wildman–Crippen LogP) is 6.05. The number of esters is 1. The van der Waals surface area contributed by atoms with Crippen molar-refractivity contribution in [1.82, 2.24) is 4.90 Å². The molecule has 6 atom stereocenters. The quantitative estimate of drug-likeness (QED) is 0.0953. The van der Waals surface area contributed by atoms with Crippen molar-refractivity contribution in [2.75, 3.05) is 18.1 Å². The Morgan fingerprint density at radius 3 is 2.05 bits per heavy atom. The standard InChI is InChI=1S/C43H35N3O11/c47-23-24-55-31-21-17-29(18-22-31)38-43(32-13-7-8-14-33(32)44(41(43)51)42(52)56-25-26-15-19-30(20-16-26)46(53)54)34(39(48)49)36-40(50)57-37(28-11-5-2-6-12-28)35(45(36)38)27-9-3-1-4-10-27/h1-22,34-38,47H,23-25H2,(H,48,49). The van der Waals surface area contributed by atoms with Crippen LogP contribution in [0.4, 0.5) is 16.2 Å². The van der Waals surface area contributed by atoms with Gasteiger partial charge in [0.25, 0.3) is 5.69 Å². The third-order valence-electron chi connectivity index (χ3n) is 10.9. The van der Waals surface area contributed by atoms with E-state index in [0.29, 0.717) is 28.0 Å². The Balaban J connectivity index is 1.32. The first-order chi connectivity index (χ1) is 27.7. The number of hydrogen-bond donors (Lipinski definition) is 2. The molecule has 57 heavy (non-hydrogen) atoms. The topological polar surface area (TPSA) is 186 Å². The van der Waals surface area contributed by atoms with Crippen LogP contribution in [0.5, 0.6) is 5.75 Å². The molecule has 288 valence electrons. The summed E-state index contributed by atoms with van der Waals surface area (Å²) in [5.41, 5.74) is 0.213. The number of aliphatic hydroxyl groups is 1. The molecule has 0 aliphatic carbocycles. The van der Waals surface area contributed by atoms with Crippen molar-refractivity contribution in [3.05, 3.63) is 171 Å². The average molecular weight is 770 g/mol. The number of carboxylic acids is 1. The zero-order valence-electron chi connectivity index (χ0n) is 30.1. The third kappa shape index (κ3) is 6.15. The SMILES string of the molecule is O=C1OC(c2ccccc2)C(c2ccccc2)N2C1C(C(=O)O)C1(C(=O)N(C(=O)OCc3ccc([N+](=O)[O-])cc3)c3ccccc31)C2c1ccc(OCCO)cc1. The molecular formula is C43H35N3O11. The van der Waals surface area contributed by atoms with Crippen LogP contribution in [0.25, 0.3) is 0 Å². The number of rotatable bonds is 10. The number of carbonyl (C=O) groups excluding carboxylic acids is 3. The normalized spacial score (nSPS) is 23.7. The molecule has 3 aliphatic heterocycles. The van der Waals surface area contributed by atoms with Gasteiger partial charge in [-0.05, 0) is 58.1 Å². The van der Waals surface area contributed by atoms with Crippen molar-refractivity contribution in [1.29, 1.82) is 0 Å². The number of aliphatic carboxylic acids is 1.